The van der Waals surface area contributed by atoms with Crippen molar-refractivity contribution in [2.75, 3.05) is 25.1 Å². The number of nitrogens with one attached hydrogen (secondary N) is 1. The second kappa shape index (κ2) is 14.8. The number of aromatic nitrogens is 2. The van der Waals surface area contributed by atoms with Crippen molar-refractivity contribution in [3.63, 3.8) is 0 Å². The first-order chi connectivity index (χ1) is 10.9. The Hall–Kier alpha value is -1.16. The first-order valence-electron chi connectivity index (χ1n) is 9.01. The van der Waals surface area contributed by atoms with E-state index in [1.807, 2.05) is 0 Å². The Balaban J connectivity index is 1.73. The Morgan fingerprint density at radius 2 is 1.55 bits per heavy atom. The Kier molecular flexibility index (Phi) is 12.7. The third-order valence-corrected chi connectivity index (χ3v) is 3.73. The molecule has 0 fully saturated rings. The lowest BCUT2D eigenvalue weighted by atomic mass is 10.1. The van der Waals surface area contributed by atoms with Crippen LogP contribution in [0.15, 0.2) is 18.6 Å². The zero-order valence-electron chi connectivity index (χ0n) is 14.2. The monoisotopic (exact) mass is 307 g/mol. The molecule has 0 spiro atoms. The summed E-state index contributed by atoms with van der Waals surface area (Å²) in [6, 6.07) is 0. The molecule has 0 aliphatic heterocycles. The summed E-state index contributed by atoms with van der Waals surface area (Å²) in [5.74, 6) is 0.874. The fraction of sp³-hybridized carbons (Fsp3) is 0.778. The Morgan fingerprint density at radius 1 is 0.864 bits per heavy atom. The Bertz CT molecular complexity index is 332. The van der Waals surface area contributed by atoms with Crippen molar-refractivity contribution in [1.82, 2.24) is 9.97 Å². The van der Waals surface area contributed by atoms with E-state index < -0.39 is 0 Å². The summed E-state index contributed by atoms with van der Waals surface area (Å²) in [5, 5.41) is 3.29. The summed E-state index contributed by atoms with van der Waals surface area (Å²) in [6.45, 7) is 5.13. The van der Waals surface area contributed by atoms with Gasteiger partial charge in [-0.2, -0.15) is 0 Å². The maximum atomic E-state index is 5.65. The van der Waals surface area contributed by atoms with E-state index in [9.17, 15) is 0 Å². The molecule has 0 saturated heterocycles. The molecule has 4 heteroatoms. The summed E-state index contributed by atoms with van der Waals surface area (Å²) in [4.78, 5) is 8.22. The molecule has 0 atom stereocenters. The minimum absolute atomic E-state index is 0.874. The van der Waals surface area contributed by atoms with Gasteiger partial charge in [-0.1, -0.05) is 51.9 Å². The summed E-state index contributed by atoms with van der Waals surface area (Å²) >= 11 is 0. The van der Waals surface area contributed by atoms with E-state index in [0.29, 0.717) is 0 Å². The first-order valence-corrected chi connectivity index (χ1v) is 9.01. The predicted molar refractivity (Wildman–Crippen MR) is 93.2 cm³/mol. The van der Waals surface area contributed by atoms with E-state index >= 15 is 0 Å². The van der Waals surface area contributed by atoms with Gasteiger partial charge in [0, 0.05) is 32.2 Å². The second-order valence-electron chi connectivity index (χ2n) is 5.81. The van der Waals surface area contributed by atoms with E-state index in [1.165, 1.54) is 64.2 Å². The Morgan fingerprint density at radius 3 is 2.23 bits per heavy atom. The van der Waals surface area contributed by atoms with E-state index in [2.05, 4.69) is 22.2 Å². The highest BCUT2D eigenvalue weighted by molar-refractivity contribution is 5.29. The summed E-state index contributed by atoms with van der Waals surface area (Å²) in [6.07, 6.45) is 18.0. The number of ether oxygens (including phenoxy) is 1. The van der Waals surface area contributed by atoms with Crippen LogP contribution in [0.25, 0.3) is 0 Å². The molecular formula is C18H33N3O. The topological polar surface area (TPSA) is 47.0 Å². The van der Waals surface area contributed by atoms with Gasteiger partial charge in [-0.3, -0.25) is 4.98 Å². The maximum absolute atomic E-state index is 5.65. The summed E-state index contributed by atoms with van der Waals surface area (Å²) < 4.78 is 5.65. The van der Waals surface area contributed by atoms with Crippen LogP contribution in [0.5, 0.6) is 0 Å². The summed E-state index contributed by atoms with van der Waals surface area (Å²) in [7, 11) is 0. The van der Waals surface area contributed by atoms with E-state index in [1.54, 1.807) is 18.6 Å². The van der Waals surface area contributed by atoms with Crippen molar-refractivity contribution in [2.24, 2.45) is 0 Å². The zero-order chi connectivity index (χ0) is 15.7. The molecule has 1 heterocycles. The summed E-state index contributed by atoms with van der Waals surface area (Å²) in [5.41, 5.74) is 0. The quantitative estimate of drug-likeness (QED) is 0.472. The fourth-order valence-electron chi connectivity index (χ4n) is 2.38. The minimum Gasteiger partial charge on any atom is -0.381 e. The van der Waals surface area contributed by atoms with Crippen LogP contribution in [0.1, 0.15) is 71.1 Å². The molecule has 0 amide bonds. The molecule has 1 aromatic heterocycles. The molecule has 0 bridgehead atoms. The highest BCUT2D eigenvalue weighted by Gasteiger charge is 1.94. The number of anilines is 1. The predicted octanol–water partition coefficient (Wildman–Crippen LogP) is 4.83. The van der Waals surface area contributed by atoms with Gasteiger partial charge in [0.1, 0.15) is 5.82 Å². The van der Waals surface area contributed by atoms with Gasteiger partial charge in [-0.25, -0.2) is 4.98 Å². The SMILES string of the molecule is CCCCCCOCCCCCCCCNc1cnccn1. The number of hydrogen-bond donors (Lipinski definition) is 1. The highest BCUT2D eigenvalue weighted by Crippen LogP contribution is 2.07. The van der Waals surface area contributed by atoms with Crippen LogP contribution in [0, 0.1) is 0 Å². The van der Waals surface area contributed by atoms with Crippen molar-refractivity contribution in [1.29, 1.82) is 0 Å². The van der Waals surface area contributed by atoms with Gasteiger partial charge in [0.05, 0.1) is 6.20 Å². The van der Waals surface area contributed by atoms with Crippen molar-refractivity contribution in [3.8, 4) is 0 Å². The van der Waals surface area contributed by atoms with Crippen LogP contribution in [-0.2, 0) is 4.74 Å². The highest BCUT2D eigenvalue weighted by atomic mass is 16.5. The third kappa shape index (κ3) is 11.5. The van der Waals surface area contributed by atoms with E-state index in [0.717, 1.165) is 25.6 Å². The van der Waals surface area contributed by atoms with Gasteiger partial charge >= 0.3 is 0 Å². The molecule has 1 aromatic rings. The molecule has 126 valence electrons. The minimum atomic E-state index is 0.874. The van der Waals surface area contributed by atoms with Crippen LogP contribution in [-0.4, -0.2) is 29.7 Å². The van der Waals surface area contributed by atoms with Gasteiger partial charge < -0.3 is 10.1 Å². The van der Waals surface area contributed by atoms with Crippen LogP contribution >= 0.6 is 0 Å². The Labute approximate surface area is 136 Å². The van der Waals surface area contributed by atoms with Crippen molar-refractivity contribution in [3.05, 3.63) is 18.6 Å². The van der Waals surface area contributed by atoms with Crippen molar-refractivity contribution >= 4 is 5.82 Å². The molecule has 0 aromatic carbocycles. The van der Waals surface area contributed by atoms with Crippen LogP contribution in [0.4, 0.5) is 5.82 Å². The number of rotatable bonds is 15. The number of nitrogens with zero attached hydrogens (tertiary/aromatic N) is 2. The van der Waals surface area contributed by atoms with Gasteiger partial charge in [-0.15, -0.1) is 0 Å². The van der Waals surface area contributed by atoms with Crippen LogP contribution in [0.3, 0.4) is 0 Å². The molecule has 0 radical (unpaired) electrons. The third-order valence-electron chi connectivity index (χ3n) is 3.73. The fourth-order valence-corrected chi connectivity index (χ4v) is 2.38. The molecule has 1 N–H and O–H groups in total. The molecule has 22 heavy (non-hydrogen) atoms. The molecule has 1 rings (SSSR count). The molecule has 0 aliphatic rings. The molecule has 0 unspecified atom stereocenters. The van der Waals surface area contributed by atoms with Crippen LogP contribution in [0.2, 0.25) is 0 Å². The number of hydrogen-bond acceptors (Lipinski definition) is 4. The lowest BCUT2D eigenvalue weighted by Crippen LogP contribution is -2.03. The van der Waals surface area contributed by atoms with E-state index in [-0.39, 0.29) is 0 Å². The average molecular weight is 307 g/mol. The van der Waals surface area contributed by atoms with Crippen LogP contribution < -0.4 is 5.32 Å². The zero-order valence-corrected chi connectivity index (χ0v) is 14.2. The molecular weight excluding hydrogens is 274 g/mol. The average Bonchev–Trinajstić information content (AvgIpc) is 2.56. The molecule has 0 aliphatic carbocycles. The van der Waals surface area contributed by atoms with Gasteiger partial charge in [0.2, 0.25) is 0 Å². The van der Waals surface area contributed by atoms with Crippen molar-refractivity contribution < 1.29 is 4.74 Å². The molecule has 4 nitrogen and oxygen atoms in total. The van der Waals surface area contributed by atoms with Gasteiger partial charge in [-0.05, 0) is 19.3 Å². The molecule has 0 saturated carbocycles. The van der Waals surface area contributed by atoms with E-state index in [4.69, 9.17) is 4.74 Å². The largest absolute Gasteiger partial charge is 0.381 e. The first kappa shape index (κ1) is 18.9. The maximum Gasteiger partial charge on any atom is 0.144 e. The normalized spacial score (nSPS) is 10.8. The standard InChI is InChI=1S/C18H33N3O/c1-2-3-4-10-15-22-16-11-8-6-5-7-9-12-20-18-17-19-13-14-21-18/h13-14,17H,2-12,15-16H2,1H3,(H,20,21). The second-order valence-corrected chi connectivity index (χ2v) is 5.81. The van der Waals surface area contributed by atoms with Gasteiger partial charge in [0.25, 0.3) is 0 Å². The van der Waals surface area contributed by atoms with Gasteiger partial charge in [0.15, 0.2) is 0 Å². The lowest BCUT2D eigenvalue weighted by molar-refractivity contribution is 0.126. The smallest absolute Gasteiger partial charge is 0.144 e. The lowest BCUT2D eigenvalue weighted by Gasteiger charge is -2.05. The van der Waals surface area contributed by atoms with Crippen molar-refractivity contribution in [2.45, 2.75) is 71.1 Å². The number of unbranched alkanes of at least 4 members (excludes halogenated alkanes) is 8.